The van der Waals surface area contributed by atoms with Crippen LogP contribution < -0.4 is 0 Å². The van der Waals surface area contributed by atoms with Gasteiger partial charge in [-0.1, -0.05) is 24.3 Å². The summed E-state index contributed by atoms with van der Waals surface area (Å²) in [5.74, 6) is 0.117. The van der Waals surface area contributed by atoms with E-state index in [1.165, 1.54) is 16.7 Å². The lowest BCUT2D eigenvalue weighted by Crippen LogP contribution is -2.10. The number of aromatic nitrogens is 1. The van der Waals surface area contributed by atoms with Gasteiger partial charge in [0.15, 0.2) is 0 Å². The number of aliphatic hydroxyl groups is 1. The van der Waals surface area contributed by atoms with Crippen molar-refractivity contribution in [2.24, 2.45) is 0 Å². The second-order valence-corrected chi connectivity index (χ2v) is 5.66. The number of fused-ring (bicyclic) bond motifs is 2. The molecule has 0 bridgehead atoms. The Morgan fingerprint density at radius 1 is 1.15 bits per heavy atom. The molecule has 20 heavy (non-hydrogen) atoms. The molecule has 1 aliphatic carbocycles. The minimum atomic E-state index is -0.475. The predicted octanol–water partition coefficient (Wildman–Crippen LogP) is 2.88. The highest BCUT2D eigenvalue weighted by Gasteiger charge is 2.31. The molecule has 1 aliphatic heterocycles. The van der Waals surface area contributed by atoms with Crippen molar-refractivity contribution in [3.8, 4) is 0 Å². The highest BCUT2D eigenvalue weighted by molar-refractivity contribution is 5.37. The number of hydrogen-bond acceptors (Lipinski definition) is 3. The molecule has 2 heterocycles. The van der Waals surface area contributed by atoms with Crippen LogP contribution in [0.25, 0.3) is 0 Å². The van der Waals surface area contributed by atoms with Gasteiger partial charge in [0.05, 0.1) is 19.3 Å². The lowest BCUT2D eigenvalue weighted by molar-refractivity contribution is 0.134. The summed E-state index contributed by atoms with van der Waals surface area (Å²) in [6.07, 6.45) is 3.33. The van der Waals surface area contributed by atoms with E-state index in [-0.39, 0.29) is 5.92 Å². The summed E-state index contributed by atoms with van der Waals surface area (Å²) in [7, 11) is 0. The smallest absolute Gasteiger partial charge is 0.0873 e. The average molecular weight is 267 g/mol. The van der Waals surface area contributed by atoms with Crippen molar-refractivity contribution in [3.05, 3.63) is 64.5 Å². The lowest BCUT2D eigenvalue weighted by Gasteiger charge is -2.19. The molecule has 2 aliphatic rings. The van der Waals surface area contributed by atoms with Gasteiger partial charge in [-0.05, 0) is 41.2 Å². The van der Waals surface area contributed by atoms with Crippen molar-refractivity contribution in [2.75, 3.05) is 0 Å². The van der Waals surface area contributed by atoms with Crippen LogP contribution in [-0.4, -0.2) is 10.1 Å². The Labute approximate surface area is 118 Å². The van der Waals surface area contributed by atoms with Crippen LogP contribution in [0.4, 0.5) is 0 Å². The SMILES string of the molecule is OC(c1ccc2c(c1)COC2)C1CCc2cccnc21. The molecule has 102 valence electrons. The van der Waals surface area contributed by atoms with Crippen LogP contribution in [0.15, 0.2) is 36.5 Å². The number of aryl methyl sites for hydroxylation is 1. The fourth-order valence-corrected chi connectivity index (χ4v) is 3.36. The molecule has 0 saturated heterocycles. The Hall–Kier alpha value is -1.71. The zero-order chi connectivity index (χ0) is 13.5. The van der Waals surface area contributed by atoms with Gasteiger partial charge in [0, 0.05) is 17.8 Å². The topological polar surface area (TPSA) is 42.4 Å². The molecule has 1 aromatic heterocycles. The molecule has 2 atom stereocenters. The lowest BCUT2D eigenvalue weighted by atomic mass is 9.92. The van der Waals surface area contributed by atoms with Crippen LogP contribution in [-0.2, 0) is 24.4 Å². The summed E-state index contributed by atoms with van der Waals surface area (Å²) in [5.41, 5.74) is 5.78. The molecule has 0 fully saturated rings. The maximum Gasteiger partial charge on any atom is 0.0873 e. The van der Waals surface area contributed by atoms with Gasteiger partial charge in [-0.2, -0.15) is 0 Å². The molecule has 3 nitrogen and oxygen atoms in total. The summed E-state index contributed by atoms with van der Waals surface area (Å²) in [4.78, 5) is 4.48. The van der Waals surface area contributed by atoms with Crippen LogP contribution in [0, 0.1) is 0 Å². The number of benzene rings is 1. The number of aliphatic hydroxyl groups excluding tert-OH is 1. The third kappa shape index (κ3) is 1.86. The molecular formula is C17H17NO2. The van der Waals surface area contributed by atoms with E-state index < -0.39 is 6.10 Å². The monoisotopic (exact) mass is 267 g/mol. The molecule has 0 saturated carbocycles. The molecule has 2 unspecified atom stereocenters. The Bertz CT molecular complexity index is 653. The third-order valence-electron chi connectivity index (χ3n) is 4.47. The summed E-state index contributed by atoms with van der Waals surface area (Å²) in [6.45, 7) is 1.36. The first-order valence-corrected chi connectivity index (χ1v) is 7.14. The van der Waals surface area contributed by atoms with Crippen molar-refractivity contribution in [2.45, 2.75) is 38.1 Å². The molecular weight excluding hydrogens is 250 g/mol. The van der Waals surface area contributed by atoms with Crippen LogP contribution in [0.3, 0.4) is 0 Å². The summed E-state index contributed by atoms with van der Waals surface area (Å²) in [6, 6.07) is 10.3. The third-order valence-corrected chi connectivity index (χ3v) is 4.47. The fraction of sp³-hybridized carbons (Fsp3) is 0.353. The molecule has 0 spiro atoms. The largest absolute Gasteiger partial charge is 0.388 e. The minimum absolute atomic E-state index is 0.117. The Balaban J connectivity index is 1.67. The molecule has 0 amide bonds. The molecule has 1 aromatic carbocycles. The highest BCUT2D eigenvalue weighted by atomic mass is 16.5. The van der Waals surface area contributed by atoms with Crippen LogP contribution in [0.2, 0.25) is 0 Å². The maximum atomic E-state index is 10.7. The molecule has 1 N–H and O–H groups in total. The second-order valence-electron chi connectivity index (χ2n) is 5.66. The fourth-order valence-electron chi connectivity index (χ4n) is 3.36. The van der Waals surface area contributed by atoms with E-state index in [0.717, 1.165) is 24.1 Å². The van der Waals surface area contributed by atoms with Crippen molar-refractivity contribution in [3.63, 3.8) is 0 Å². The van der Waals surface area contributed by atoms with Gasteiger partial charge in [-0.25, -0.2) is 0 Å². The standard InChI is InChI=1S/C17H17NO2/c19-17(12-3-4-13-9-20-10-14(13)8-12)15-6-5-11-2-1-7-18-16(11)15/h1-4,7-8,15,17,19H,5-6,9-10H2. The number of rotatable bonds is 2. The molecule has 4 rings (SSSR count). The van der Waals surface area contributed by atoms with Gasteiger partial charge < -0.3 is 9.84 Å². The Morgan fingerprint density at radius 3 is 3.00 bits per heavy atom. The first-order chi connectivity index (χ1) is 9.83. The maximum absolute atomic E-state index is 10.7. The molecule has 0 radical (unpaired) electrons. The van der Waals surface area contributed by atoms with Crippen LogP contribution in [0.1, 0.15) is 46.4 Å². The van der Waals surface area contributed by atoms with Gasteiger partial charge in [0.2, 0.25) is 0 Å². The van der Waals surface area contributed by atoms with E-state index >= 15 is 0 Å². The zero-order valence-electron chi connectivity index (χ0n) is 11.2. The average Bonchev–Trinajstić information content (AvgIpc) is 3.12. The highest BCUT2D eigenvalue weighted by Crippen LogP contribution is 2.40. The van der Waals surface area contributed by atoms with Crippen LogP contribution in [0.5, 0.6) is 0 Å². The summed E-state index contributed by atoms with van der Waals surface area (Å²) >= 11 is 0. The van der Waals surface area contributed by atoms with Gasteiger partial charge in [0.25, 0.3) is 0 Å². The zero-order valence-corrected chi connectivity index (χ0v) is 11.2. The van der Waals surface area contributed by atoms with E-state index in [1.54, 1.807) is 0 Å². The number of hydrogen-bond donors (Lipinski definition) is 1. The Morgan fingerprint density at radius 2 is 2.05 bits per heavy atom. The quantitative estimate of drug-likeness (QED) is 0.909. The first kappa shape index (κ1) is 12.1. The second kappa shape index (κ2) is 4.69. The molecule has 2 aromatic rings. The Kier molecular flexibility index (Phi) is 2.83. The van der Waals surface area contributed by atoms with Gasteiger partial charge in [-0.3, -0.25) is 4.98 Å². The van der Waals surface area contributed by atoms with Gasteiger partial charge in [0.1, 0.15) is 0 Å². The number of ether oxygens (including phenoxy) is 1. The summed E-state index contributed by atoms with van der Waals surface area (Å²) in [5, 5.41) is 10.7. The van der Waals surface area contributed by atoms with Crippen molar-refractivity contribution >= 4 is 0 Å². The van der Waals surface area contributed by atoms with Gasteiger partial charge >= 0.3 is 0 Å². The van der Waals surface area contributed by atoms with E-state index in [9.17, 15) is 5.11 Å². The van der Waals surface area contributed by atoms with Crippen molar-refractivity contribution in [1.82, 2.24) is 4.98 Å². The van der Waals surface area contributed by atoms with Gasteiger partial charge in [-0.15, -0.1) is 0 Å². The van der Waals surface area contributed by atoms with E-state index in [2.05, 4.69) is 23.2 Å². The van der Waals surface area contributed by atoms with Crippen molar-refractivity contribution < 1.29 is 9.84 Å². The van der Waals surface area contributed by atoms with Crippen molar-refractivity contribution in [1.29, 1.82) is 0 Å². The van der Waals surface area contributed by atoms with E-state index in [1.807, 2.05) is 18.3 Å². The minimum Gasteiger partial charge on any atom is -0.388 e. The van der Waals surface area contributed by atoms with Crippen LogP contribution >= 0.6 is 0 Å². The first-order valence-electron chi connectivity index (χ1n) is 7.14. The molecule has 3 heteroatoms. The van der Waals surface area contributed by atoms with E-state index in [4.69, 9.17) is 4.74 Å². The summed E-state index contributed by atoms with van der Waals surface area (Å²) < 4.78 is 5.44. The van der Waals surface area contributed by atoms with E-state index in [0.29, 0.717) is 13.2 Å². The number of nitrogens with zero attached hydrogens (tertiary/aromatic N) is 1. The number of pyridine rings is 1. The normalized spacial score (nSPS) is 21.6. The predicted molar refractivity (Wildman–Crippen MR) is 75.2 cm³/mol.